The second kappa shape index (κ2) is 6.90. The van der Waals surface area contributed by atoms with Crippen molar-refractivity contribution in [1.29, 1.82) is 0 Å². The minimum atomic E-state index is 0.602. The van der Waals surface area contributed by atoms with Crippen LogP contribution in [0.1, 0.15) is 16.8 Å². The van der Waals surface area contributed by atoms with Crippen LogP contribution in [0.4, 0.5) is 0 Å². The highest BCUT2D eigenvalue weighted by Gasteiger charge is 2.21. The van der Waals surface area contributed by atoms with E-state index in [1.54, 1.807) is 34.4 Å². The van der Waals surface area contributed by atoms with Crippen LogP contribution < -0.4 is 0 Å². The number of aryl methyl sites for hydroxylation is 1. The Bertz CT molecular complexity index is 694. The highest BCUT2D eigenvalue weighted by molar-refractivity contribution is 8.00. The van der Waals surface area contributed by atoms with Gasteiger partial charge >= 0.3 is 0 Å². The number of thiazole rings is 1. The molecule has 0 aliphatic rings. The normalized spacial score (nSPS) is 11.0. The van der Waals surface area contributed by atoms with Crippen LogP contribution in [0.15, 0.2) is 9.59 Å². The summed E-state index contributed by atoms with van der Waals surface area (Å²) in [6, 6.07) is 0. The molecule has 0 unspecified atom stereocenters. The molecule has 0 aliphatic carbocycles. The Morgan fingerprint density at radius 2 is 2.14 bits per heavy atom. The van der Waals surface area contributed by atoms with Gasteiger partial charge in [0.1, 0.15) is 10.9 Å². The SMILES string of the molecule is CSc1sc(-c2nc(C)cs2)c(C)c1C(=C=O)CN(C)C. The molecule has 0 spiro atoms. The van der Waals surface area contributed by atoms with Crippen molar-refractivity contribution in [1.82, 2.24) is 9.88 Å². The van der Waals surface area contributed by atoms with Crippen molar-refractivity contribution in [3.05, 3.63) is 22.2 Å². The first-order valence-corrected chi connectivity index (χ1v) is 9.39. The molecule has 2 rings (SSSR count). The van der Waals surface area contributed by atoms with Gasteiger partial charge in [0.15, 0.2) is 0 Å². The third-order valence-corrected chi connectivity index (χ3v) is 6.54. The van der Waals surface area contributed by atoms with Crippen molar-refractivity contribution in [3.63, 3.8) is 0 Å². The lowest BCUT2D eigenvalue weighted by Crippen LogP contribution is -2.15. The first-order chi connectivity index (χ1) is 9.97. The van der Waals surface area contributed by atoms with Crippen molar-refractivity contribution >= 4 is 45.9 Å². The quantitative estimate of drug-likeness (QED) is 0.610. The van der Waals surface area contributed by atoms with E-state index in [9.17, 15) is 4.79 Å². The number of nitrogens with zero attached hydrogens (tertiary/aromatic N) is 2. The molecule has 0 N–H and O–H groups in total. The van der Waals surface area contributed by atoms with Gasteiger partial charge in [-0.05, 0) is 39.8 Å². The summed E-state index contributed by atoms with van der Waals surface area (Å²) >= 11 is 5.05. The van der Waals surface area contributed by atoms with Crippen LogP contribution in [0, 0.1) is 13.8 Å². The van der Waals surface area contributed by atoms with Gasteiger partial charge in [-0.25, -0.2) is 9.78 Å². The Balaban J connectivity index is 2.56. The number of carbonyl (C=O) groups excluding carboxylic acids is 1. The summed E-state index contributed by atoms with van der Waals surface area (Å²) in [5.74, 6) is 2.14. The molecule has 0 atom stereocenters. The van der Waals surface area contributed by atoms with Crippen LogP contribution >= 0.6 is 34.4 Å². The molecule has 0 bridgehead atoms. The summed E-state index contributed by atoms with van der Waals surface area (Å²) in [4.78, 5) is 19.1. The maximum atomic E-state index is 11.4. The number of likely N-dealkylation sites (N-methyl/N-ethyl adjacent to an activating group) is 1. The molecule has 0 aliphatic heterocycles. The largest absolute Gasteiger partial charge is 0.304 e. The predicted octanol–water partition coefficient (Wildman–Crippen LogP) is 3.99. The Hall–Kier alpha value is -0.910. The molecule has 0 aromatic carbocycles. The maximum absolute atomic E-state index is 11.4. The number of hydrogen-bond acceptors (Lipinski definition) is 6. The van der Waals surface area contributed by atoms with E-state index in [4.69, 9.17) is 0 Å². The van der Waals surface area contributed by atoms with Crippen molar-refractivity contribution in [3.8, 4) is 9.88 Å². The van der Waals surface area contributed by atoms with E-state index in [2.05, 4.69) is 23.2 Å². The molecule has 0 fully saturated rings. The van der Waals surface area contributed by atoms with E-state index in [0.29, 0.717) is 6.54 Å². The number of aromatic nitrogens is 1. The molecule has 2 heterocycles. The Morgan fingerprint density at radius 3 is 2.62 bits per heavy atom. The van der Waals surface area contributed by atoms with Crippen molar-refractivity contribution in [2.45, 2.75) is 18.1 Å². The molecule has 112 valence electrons. The maximum Gasteiger partial charge on any atom is 0.133 e. The van der Waals surface area contributed by atoms with Gasteiger partial charge in [0.2, 0.25) is 0 Å². The summed E-state index contributed by atoms with van der Waals surface area (Å²) in [7, 11) is 3.92. The van der Waals surface area contributed by atoms with E-state index in [1.165, 1.54) is 4.88 Å². The minimum absolute atomic E-state index is 0.602. The highest BCUT2D eigenvalue weighted by Crippen LogP contribution is 2.44. The molecule has 3 nitrogen and oxygen atoms in total. The lowest BCUT2D eigenvalue weighted by molar-refractivity contribution is 0.462. The third kappa shape index (κ3) is 3.47. The molecule has 6 heteroatoms. The number of thioether (sulfide) groups is 1. The van der Waals surface area contributed by atoms with Crippen molar-refractivity contribution in [2.24, 2.45) is 0 Å². The standard InChI is InChI=1S/C15H18N2OS3/c1-9-8-20-14(16-9)13-10(2)12(15(19-5)21-13)11(7-18)6-17(3)4/h8H,6H2,1-5H3. The molecule has 2 aromatic rings. The molecule has 0 amide bonds. The van der Waals surface area contributed by atoms with Gasteiger partial charge in [0.25, 0.3) is 0 Å². The van der Waals surface area contributed by atoms with Crippen molar-refractivity contribution < 1.29 is 4.79 Å². The van der Waals surface area contributed by atoms with Crippen LogP contribution in [-0.2, 0) is 4.79 Å². The van der Waals surface area contributed by atoms with Gasteiger partial charge < -0.3 is 4.90 Å². The summed E-state index contributed by atoms with van der Waals surface area (Å²) in [6.45, 7) is 4.68. The lowest BCUT2D eigenvalue weighted by Gasteiger charge is -2.11. The molecule has 0 radical (unpaired) electrons. The van der Waals surface area contributed by atoms with Gasteiger partial charge in [-0.15, -0.1) is 34.4 Å². The molecule has 0 saturated carbocycles. The smallest absolute Gasteiger partial charge is 0.133 e. The average molecular weight is 339 g/mol. The van der Waals surface area contributed by atoms with Crippen LogP contribution in [0.3, 0.4) is 0 Å². The summed E-state index contributed by atoms with van der Waals surface area (Å²) < 4.78 is 1.16. The zero-order valence-corrected chi connectivity index (χ0v) is 15.3. The van der Waals surface area contributed by atoms with Gasteiger partial charge in [-0.2, -0.15) is 0 Å². The third-order valence-electron chi connectivity index (χ3n) is 3.01. The molecule has 0 saturated heterocycles. The zero-order valence-electron chi connectivity index (χ0n) is 12.8. The summed E-state index contributed by atoms with van der Waals surface area (Å²) in [6.07, 6.45) is 2.05. The second-order valence-corrected chi connectivity index (χ2v) is 7.99. The molecule has 21 heavy (non-hydrogen) atoms. The van der Waals surface area contributed by atoms with Crippen LogP contribution in [0.25, 0.3) is 15.5 Å². The summed E-state index contributed by atoms with van der Waals surface area (Å²) in [5.41, 5.74) is 3.94. The monoisotopic (exact) mass is 338 g/mol. The van der Waals surface area contributed by atoms with Crippen LogP contribution in [0.5, 0.6) is 0 Å². The Morgan fingerprint density at radius 1 is 1.43 bits per heavy atom. The topological polar surface area (TPSA) is 33.2 Å². The minimum Gasteiger partial charge on any atom is -0.304 e. The zero-order chi connectivity index (χ0) is 15.6. The Kier molecular flexibility index (Phi) is 5.41. The molecular weight excluding hydrogens is 320 g/mol. The van der Waals surface area contributed by atoms with E-state index in [1.807, 2.05) is 32.2 Å². The fourth-order valence-corrected chi connectivity index (χ4v) is 5.20. The molecular formula is C15H18N2OS3. The number of rotatable bonds is 5. The van der Waals surface area contributed by atoms with Gasteiger partial charge in [0, 0.05) is 23.2 Å². The lowest BCUT2D eigenvalue weighted by atomic mass is 10.1. The van der Waals surface area contributed by atoms with Crippen molar-refractivity contribution in [2.75, 3.05) is 26.9 Å². The van der Waals surface area contributed by atoms with Crippen LogP contribution in [0.2, 0.25) is 0 Å². The molecule has 2 aromatic heterocycles. The number of hydrogen-bond donors (Lipinski definition) is 0. The predicted molar refractivity (Wildman–Crippen MR) is 94.3 cm³/mol. The first kappa shape index (κ1) is 16.5. The van der Waals surface area contributed by atoms with E-state index in [-0.39, 0.29) is 0 Å². The first-order valence-electron chi connectivity index (χ1n) is 6.46. The fraction of sp³-hybridized carbons (Fsp3) is 0.400. The summed E-state index contributed by atoms with van der Waals surface area (Å²) in [5, 5.41) is 3.09. The Labute approximate surface area is 137 Å². The van der Waals surface area contributed by atoms with Crippen LogP contribution in [-0.4, -0.2) is 42.7 Å². The second-order valence-electron chi connectivity index (χ2n) is 5.04. The highest BCUT2D eigenvalue weighted by atomic mass is 32.2. The van der Waals surface area contributed by atoms with Gasteiger partial charge in [0.05, 0.1) is 14.7 Å². The van der Waals surface area contributed by atoms with E-state index >= 15 is 0 Å². The fourth-order valence-electron chi connectivity index (χ4n) is 2.12. The van der Waals surface area contributed by atoms with E-state index < -0.39 is 0 Å². The number of thiophene rings is 1. The van der Waals surface area contributed by atoms with E-state index in [0.717, 1.165) is 31.6 Å². The van der Waals surface area contributed by atoms with Gasteiger partial charge in [-0.1, -0.05) is 0 Å². The average Bonchev–Trinajstić information content (AvgIpc) is 2.99. The van der Waals surface area contributed by atoms with Gasteiger partial charge in [-0.3, -0.25) is 0 Å².